The summed E-state index contributed by atoms with van der Waals surface area (Å²) in [5, 5.41) is 5.62. The van der Waals surface area contributed by atoms with Crippen molar-refractivity contribution in [3.8, 4) is 0 Å². The van der Waals surface area contributed by atoms with Gasteiger partial charge in [0.15, 0.2) is 0 Å². The molecule has 1 aromatic carbocycles. The minimum atomic E-state index is -0.306. The first-order valence-electron chi connectivity index (χ1n) is 8.95. The van der Waals surface area contributed by atoms with Gasteiger partial charge in [0.1, 0.15) is 0 Å². The Balaban J connectivity index is 2.01. The molecule has 0 saturated heterocycles. The van der Waals surface area contributed by atoms with Gasteiger partial charge in [0, 0.05) is 38.3 Å². The summed E-state index contributed by atoms with van der Waals surface area (Å²) in [4.78, 5) is 28.6. The molecule has 0 spiro atoms. The van der Waals surface area contributed by atoms with E-state index >= 15 is 0 Å². The fourth-order valence-electron chi connectivity index (χ4n) is 2.47. The van der Waals surface area contributed by atoms with Gasteiger partial charge in [0.25, 0.3) is 11.8 Å². The quantitative estimate of drug-likeness (QED) is 0.733. The molecule has 6 nitrogen and oxygen atoms in total. The van der Waals surface area contributed by atoms with Gasteiger partial charge in [-0.25, -0.2) is 0 Å². The lowest BCUT2D eigenvalue weighted by atomic mass is 9.87. The summed E-state index contributed by atoms with van der Waals surface area (Å²) < 4.78 is 4.95. The standard InChI is InChI=1S/C21H27N3O3/c1-21(2,3)17-6-8-18(9-7-17)24-20(26)16-12-15(13-22-14-16)19(25)23-10-5-11-27-4/h6-9,12-14H,5,10-11H2,1-4H3,(H,23,25)(H,24,26). The predicted molar refractivity (Wildman–Crippen MR) is 106 cm³/mol. The maximum absolute atomic E-state index is 12.5. The van der Waals surface area contributed by atoms with Crippen LogP contribution >= 0.6 is 0 Å². The molecule has 6 heteroatoms. The van der Waals surface area contributed by atoms with E-state index in [-0.39, 0.29) is 17.2 Å². The van der Waals surface area contributed by atoms with Gasteiger partial charge in [-0.2, -0.15) is 0 Å². The molecule has 0 unspecified atom stereocenters. The van der Waals surface area contributed by atoms with Crippen molar-refractivity contribution in [2.45, 2.75) is 32.6 Å². The second kappa shape index (κ2) is 9.28. The van der Waals surface area contributed by atoms with Crippen LogP contribution in [0, 0.1) is 0 Å². The molecular weight excluding hydrogens is 342 g/mol. The average Bonchev–Trinajstić information content (AvgIpc) is 2.65. The molecule has 0 aliphatic carbocycles. The van der Waals surface area contributed by atoms with E-state index in [1.807, 2.05) is 24.3 Å². The van der Waals surface area contributed by atoms with Crippen molar-refractivity contribution in [3.63, 3.8) is 0 Å². The van der Waals surface area contributed by atoms with Crippen molar-refractivity contribution >= 4 is 17.5 Å². The average molecular weight is 369 g/mol. The summed E-state index contributed by atoms with van der Waals surface area (Å²) in [6.07, 6.45) is 3.61. The number of nitrogens with zero attached hydrogens (tertiary/aromatic N) is 1. The summed E-state index contributed by atoms with van der Waals surface area (Å²) in [5.41, 5.74) is 2.62. The molecule has 0 fully saturated rings. The van der Waals surface area contributed by atoms with Gasteiger partial charge in [-0.15, -0.1) is 0 Å². The fraction of sp³-hybridized carbons (Fsp3) is 0.381. The lowest BCUT2D eigenvalue weighted by molar-refractivity contribution is 0.0948. The Bertz CT molecular complexity index is 780. The van der Waals surface area contributed by atoms with Crippen LogP contribution in [0.4, 0.5) is 5.69 Å². The second-order valence-electron chi connectivity index (χ2n) is 7.35. The van der Waals surface area contributed by atoms with Gasteiger partial charge in [0.05, 0.1) is 11.1 Å². The first-order valence-corrected chi connectivity index (χ1v) is 8.95. The van der Waals surface area contributed by atoms with Gasteiger partial charge >= 0.3 is 0 Å². The van der Waals surface area contributed by atoms with Crippen LogP contribution in [-0.4, -0.2) is 37.1 Å². The summed E-state index contributed by atoms with van der Waals surface area (Å²) in [6.45, 7) is 7.49. The van der Waals surface area contributed by atoms with E-state index in [4.69, 9.17) is 4.74 Å². The van der Waals surface area contributed by atoms with Crippen LogP contribution in [0.5, 0.6) is 0 Å². The molecule has 2 aromatic rings. The molecule has 1 aromatic heterocycles. The molecule has 144 valence electrons. The summed E-state index contributed by atoms with van der Waals surface area (Å²) in [7, 11) is 1.62. The monoisotopic (exact) mass is 369 g/mol. The number of anilines is 1. The Labute approximate surface area is 160 Å². The highest BCUT2D eigenvalue weighted by Gasteiger charge is 2.14. The van der Waals surface area contributed by atoms with Crippen LogP contribution in [-0.2, 0) is 10.2 Å². The van der Waals surface area contributed by atoms with Crippen LogP contribution in [0.3, 0.4) is 0 Å². The number of carbonyl (C=O) groups excluding carboxylic acids is 2. The maximum atomic E-state index is 12.5. The minimum Gasteiger partial charge on any atom is -0.385 e. The summed E-state index contributed by atoms with van der Waals surface area (Å²) >= 11 is 0. The zero-order valence-electron chi connectivity index (χ0n) is 16.3. The van der Waals surface area contributed by atoms with Crippen molar-refractivity contribution in [3.05, 3.63) is 59.4 Å². The van der Waals surface area contributed by atoms with Crippen LogP contribution in [0.25, 0.3) is 0 Å². The smallest absolute Gasteiger partial charge is 0.257 e. The van der Waals surface area contributed by atoms with Crippen molar-refractivity contribution in [1.82, 2.24) is 10.3 Å². The topological polar surface area (TPSA) is 80.3 Å². The Hall–Kier alpha value is -2.73. The van der Waals surface area contributed by atoms with Gasteiger partial charge in [-0.3, -0.25) is 14.6 Å². The van der Waals surface area contributed by atoms with E-state index in [1.54, 1.807) is 7.11 Å². The SMILES string of the molecule is COCCCNC(=O)c1cncc(C(=O)Nc2ccc(C(C)(C)C)cc2)c1. The number of hydrogen-bond donors (Lipinski definition) is 2. The number of amides is 2. The fourth-order valence-corrected chi connectivity index (χ4v) is 2.47. The molecule has 2 N–H and O–H groups in total. The molecule has 2 rings (SSSR count). The van der Waals surface area contributed by atoms with Crippen LogP contribution in [0.2, 0.25) is 0 Å². The molecule has 0 radical (unpaired) electrons. The van der Waals surface area contributed by atoms with Crippen molar-refractivity contribution in [2.24, 2.45) is 0 Å². The summed E-state index contributed by atoms with van der Waals surface area (Å²) in [6, 6.07) is 9.28. The number of hydrogen-bond acceptors (Lipinski definition) is 4. The van der Waals surface area contributed by atoms with Gasteiger partial charge < -0.3 is 15.4 Å². The summed E-state index contributed by atoms with van der Waals surface area (Å²) in [5.74, 6) is -0.567. The number of aromatic nitrogens is 1. The highest BCUT2D eigenvalue weighted by atomic mass is 16.5. The highest BCUT2D eigenvalue weighted by Crippen LogP contribution is 2.23. The third-order valence-electron chi connectivity index (χ3n) is 4.08. The molecule has 0 aliphatic rings. The number of pyridine rings is 1. The van der Waals surface area contributed by atoms with Crippen LogP contribution < -0.4 is 10.6 Å². The van der Waals surface area contributed by atoms with Gasteiger partial charge in [-0.1, -0.05) is 32.9 Å². The third-order valence-corrected chi connectivity index (χ3v) is 4.08. The number of rotatable bonds is 7. The number of carbonyl (C=O) groups is 2. The lowest BCUT2D eigenvalue weighted by Gasteiger charge is -2.19. The van der Waals surface area contributed by atoms with E-state index in [0.717, 1.165) is 6.42 Å². The molecule has 0 aliphatic heterocycles. The zero-order valence-corrected chi connectivity index (χ0v) is 16.3. The number of benzene rings is 1. The second-order valence-corrected chi connectivity index (χ2v) is 7.35. The minimum absolute atomic E-state index is 0.0530. The van der Waals surface area contributed by atoms with E-state index in [9.17, 15) is 9.59 Å². The lowest BCUT2D eigenvalue weighted by Crippen LogP contribution is -2.25. The maximum Gasteiger partial charge on any atom is 0.257 e. The molecule has 0 atom stereocenters. The van der Waals surface area contributed by atoms with E-state index in [0.29, 0.717) is 30.0 Å². The van der Waals surface area contributed by atoms with E-state index in [2.05, 4.69) is 36.4 Å². The van der Waals surface area contributed by atoms with Crippen molar-refractivity contribution < 1.29 is 14.3 Å². The molecular formula is C21H27N3O3. The number of methoxy groups -OCH3 is 1. The number of ether oxygens (including phenoxy) is 1. The predicted octanol–water partition coefficient (Wildman–Crippen LogP) is 3.40. The van der Waals surface area contributed by atoms with Gasteiger partial charge in [0.2, 0.25) is 0 Å². The van der Waals surface area contributed by atoms with Gasteiger partial charge in [-0.05, 0) is 35.6 Å². The molecule has 2 amide bonds. The van der Waals surface area contributed by atoms with Crippen molar-refractivity contribution in [1.29, 1.82) is 0 Å². The molecule has 0 saturated carbocycles. The van der Waals surface area contributed by atoms with E-state index < -0.39 is 0 Å². The molecule has 0 bridgehead atoms. The number of nitrogens with one attached hydrogen (secondary N) is 2. The Morgan fingerprint density at radius 1 is 1.04 bits per heavy atom. The van der Waals surface area contributed by atoms with Crippen LogP contribution in [0.1, 0.15) is 53.5 Å². The first-order chi connectivity index (χ1) is 12.8. The largest absolute Gasteiger partial charge is 0.385 e. The highest BCUT2D eigenvalue weighted by molar-refractivity contribution is 6.05. The molecule has 27 heavy (non-hydrogen) atoms. The normalized spacial score (nSPS) is 11.1. The first kappa shape index (κ1) is 20.6. The Morgan fingerprint density at radius 3 is 2.26 bits per heavy atom. The Kier molecular flexibility index (Phi) is 7.07. The molecule has 1 heterocycles. The Morgan fingerprint density at radius 2 is 1.67 bits per heavy atom. The third kappa shape index (κ3) is 6.18. The zero-order chi connectivity index (χ0) is 19.9. The van der Waals surface area contributed by atoms with E-state index in [1.165, 1.54) is 24.0 Å². The van der Waals surface area contributed by atoms with Crippen LogP contribution in [0.15, 0.2) is 42.7 Å². The van der Waals surface area contributed by atoms with Crippen molar-refractivity contribution in [2.75, 3.05) is 25.6 Å².